The van der Waals surface area contributed by atoms with E-state index in [0.29, 0.717) is 6.61 Å². The van der Waals surface area contributed by atoms with Gasteiger partial charge in [-0.1, -0.05) is 20.8 Å². The first kappa shape index (κ1) is 12.6. The summed E-state index contributed by atoms with van der Waals surface area (Å²) in [6.45, 7) is 8.11. The lowest BCUT2D eigenvalue weighted by molar-refractivity contribution is -0.0191. The number of hydrogen-bond acceptors (Lipinski definition) is 2. The molecule has 2 nitrogen and oxygen atoms in total. The maximum absolute atomic E-state index is 9.20. The van der Waals surface area contributed by atoms with Crippen LogP contribution in [0.4, 0.5) is 0 Å². The first-order valence-electron chi connectivity index (χ1n) is 3.83. The highest BCUT2D eigenvalue weighted by Crippen LogP contribution is 2.06. The Kier molecular flexibility index (Phi) is 8.85. The normalized spacial score (nSPS) is 15.0. The van der Waals surface area contributed by atoms with Gasteiger partial charge in [0, 0.05) is 7.11 Å². The van der Waals surface area contributed by atoms with Crippen LogP contribution in [0.15, 0.2) is 0 Å². The first-order chi connectivity index (χ1) is 4.62. The Bertz CT molecular complexity index is 60.3. The largest absolute Gasteiger partial charge is 0.388 e. The quantitative estimate of drug-likeness (QED) is 0.661. The van der Waals surface area contributed by atoms with Crippen molar-refractivity contribution in [3.63, 3.8) is 0 Å². The molecule has 0 rings (SSSR count). The lowest BCUT2D eigenvalue weighted by Crippen LogP contribution is -2.28. The maximum Gasteiger partial charge on any atom is 0.0849 e. The highest BCUT2D eigenvalue weighted by molar-refractivity contribution is 4.67. The van der Waals surface area contributed by atoms with Gasteiger partial charge in [-0.05, 0) is 13.3 Å². The first-order valence-corrected chi connectivity index (χ1v) is 3.83. The van der Waals surface area contributed by atoms with Gasteiger partial charge in [-0.15, -0.1) is 0 Å². The van der Waals surface area contributed by atoms with Crippen molar-refractivity contribution in [2.75, 3.05) is 13.7 Å². The fourth-order valence-electron chi connectivity index (χ4n) is 0.413. The van der Waals surface area contributed by atoms with Crippen molar-refractivity contribution in [2.24, 2.45) is 0 Å². The van der Waals surface area contributed by atoms with Crippen LogP contribution >= 0.6 is 0 Å². The minimum atomic E-state index is -0.630. The average Bonchev–Trinajstić information content (AvgIpc) is 1.93. The number of rotatable bonds is 3. The van der Waals surface area contributed by atoms with E-state index in [1.165, 1.54) is 0 Å². The minimum Gasteiger partial charge on any atom is -0.388 e. The van der Waals surface area contributed by atoms with Crippen LogP contribution in [0.5, 0.6) is 0 Å². The van der Waals surface area contributed by atoms with E-state index < -0.39 is 5.60 Å². The van der Waals surface area contributed by atoms with E-state index in [-0.39, 0.29) is 0 Å². The van der Waals surface area contributed by atoms with Gasteiger partial charge in [0.05, 0.1) is 12.2 Å². The summed E-state index contributed by atoms with van der Waals surface area (Å²) in [7, 11) is 1.59. The lowest BCUT2D eigenvalue weighted by Gasteiger charge is -2.18. The highest BCUT2D eigenvalue weighted by Gasteiger charge is 2.15. The van der Waals surface area contributed by atoms with Gasteiger partial charge in [-0.25, -0.2) is 0 Å². The zero-order valence-corrected chi connectivity index (χ0v) is 7.77. The van der Waals surface area contributed by atoms with Crippen molar-refractivity contribution in [1.82, 2.24) is 0 Å². The average molecular weight is 148 g/mol. The van der Waals surface area contributed by atoms with Crippen LogP contribution in [0.1, 0.15) is 34.1 Å². The second kappa shape index (κ2) is 7.03. The van der Waals surface area contributed by atoms with E-state index in [1.807, 2.05) is 20.8 Å². The second-order valence-electron chi connectivity index (χ2n) is 2.28. The van der Waals surface area contributed by atoms with Crippen molar-refractivity contribution in [3.8, 4) is 0 Å². The van der Waals surface area contributed by atoms with Crippen molar-refractivity contribution in [2.45, 2.75) is 39.7 Å². The van der Waals surface area contributed by atoms with E-state index in [0.717, 1.165) is 6.42 Å². The van der Waals surface area contributed by atoms with Crippen LogP contribution in [0.3, 0.4) is 0 Å². The Morgan fingerprint density at radius 2 is 1.80 bits per heavy atom. The Morgan fingerprint density at radius 3 is 1.90 bits per heavy atom. The molecule has 0 amide bonds. The van der Waals surface area contributed by atoms with Crippen molar-refractivity contribution >= 4 is 0 Å². The standard InChI is InChI=1S/C6H14O2.C2H6/c1-4-6(2,7)5-8-3;1-2/h7H,4-5H2,1-3H3;1-2H3. The van der Waals surface area contributed by atoms with Crippen LogP contribution in [0.2, 0.25) is 0 Å². The summed E-state index contributed by atoms with van der Waals surface area (Å²) in [5.74, 6) is 0. The molecule has 0 fully saturated rings. The molecule has 1 atom stereocenters. The summed E-state index contributed by atoms with van der Waals surface area (Å²) in [4.78, 5) is 0. The van der Waals surface area contributed by atoms with E-state index >= 15 is 0 Å². The molecule has 0 aliphatic heterocycles. The molecule has 10 heavy (non-hydrogen) atoms. The van der Waals surface area contributed by atoms with Gasteiger partial charge in [0.2, 0.25) is 0 Å². The maximum atomic E-state index is 9.20. The van der Waals surface area contributed by atoms with E-state index in [4.69, 9.17) is 4.74 Å². The summed E-state index contributed by atoms with van der Waals surface area (Å²) in [6, 6.07) is 0. The van der Waals surface area contributed by atoms with Gasteiger partial charge < -0.3 is 9.84 Å². The van der Waals surface area contributed by atoms with E-state index in [1.54, 1.807) is 14.0 Å². The topological polar surface area (TPSA) is 29.5 Å². The highest BCUT2D eigenvalue weighted by atomic mass is 16.5. The smallest absolute Gasteiger partial charge is 0.0849 e. The van der Waals surface area contributed by atoms with Gasteiger partial charge in [-0.2, -0.15) is 0 Å². The molecule has 0 aromatic heterocycles. The Morgan fingerprint density at radius 1 is 1.40 bits per heavy atom. The predicted molar refractivity (Wildman–Crippen MR) is 44.1 cm³/mol. The zero-order valence-electron chi connectivity index (χ0n) is 7.77. The van der Waals surface area contributed by atoms with Crippen molar-refractivity contribution < 1.29 is 9.84 Å². The molecule has 0 bridgehead atoms. The molecule has 0 saturated heterocycles. The Labute approximate surface area is 64.2 Å². The van der Waals surface area contributed by atoms with Gasteiger partial charge in [0.25, 0.3) is 0 Å². The SMILES string of the molecule is CC.CCC(C)(O)COC. The summed E-state index contributed by atoms with van der Waals surface area (Å²) >= 11 is 0. The van der Waals surface area contributed by atoms with Crippen LogP contribution in [0, 0.1) is 0 Å². The van der Waals surface area contributed by atoms with Crippen LogP contribution in [-0.4, -0.2) is 24.4 Å². The van der Waals surface area contributed by atoms with Crippen LogP contribution in [-0.2, 0) is 4.74 Å². The third kappa shape index (κ3) is 7.92. The molecule has 0 spiro atoms. The summed E-state index contributed by atoms with van der Waals surface area (Å²) in [6.07, 6.45) is 0.737. The Balaban J connectivity index is 0. The molecular formula is C8H20O2. The van der Waals surface area contributed by atoms with Crippen LogP contribution < -0.4 is 0 Å². The zero-order chi connectivity index (χ0) is 8.62. The second-order valence-corrected chi connectivity index (χ2v) is 2.28. The lowest BCUT2D eigenvalue weighted by atomic mass is 10.1. The van der Waals surface area contributed by atoms with Gasteiger partial charge in [-0.3, -0.25) is 0 Å². The number of hydrogen-bond donors (Lipinski definition) is 1. The van der Waals surface area contributed by atoms with E-state index in [2.05, 4.69) is 0 Å². The molecule has 0 aromatic rings. The Hall–Kier alpha value is -0.0800. The molecule has 0 heterocycles. The summed E-state index contributed by atoms with van der Waals surface area (Å²) < 4.78 is 4.75. The fourth-order valence-corrected chi connectivity index (χ4v) is 0.413. The van der Waals surface area contributed by atoms with Crippen LogP contribution in [0.25, 0.3) is 0 Å². The molecule has 0 aliphatic rings. The monoisotopic (exact) mass is 148 g/mol. The molecule has 0 aromatic carbocycles. The third-order valence-corrected chi connectivity index (χ3v) is 1.22. The van der Waals surface area contributed by atoms with Gasteiger partial charge in [0.15, 0.2) is 0 Å². The fraction of sp³-hybridized carbons (Fsp3) is 1.00. The molecule has 0 radical (unpaired) electrons. The van der Waals surface area contributed by atoms with Crippen molar-refractivity contribution in [1.29, 1.82) is 0 Å². The van der Waals surface area contributed by atoms with E-state index in [9.17, 15) is 5.11 Å². The summed E-state index contributed by atoms with van der Waals surface area (Å²) in [5.41, 5.74) is -0.630. The van der Waals surface area contributed by atoms with Gasteiger partial charge >= 0.3 is 0 Å². The molecule has 2 heteroatoms. The third-order valence-electron chi connectivity index (χ3n) is 1.22. The number of methoxy groups -OCH3 is 1. The molecule has 0 saturated carbocycles. The molecule has 1 N–H and O–H groups in total. The molecule has 64 valence electrons. The summed E-state index contributed by atoms with van der Waals surface area (Å²) in [5, 5.41) is 9.20. The van der Waals surface area contributed by atoms with Gasteiger partial charge in [0.1, 0.15) is 0 Å². The number of aliphatic hydroxyl groups is 1. The van der Waals surface area contributed by atoms with Crippen molar-refractivity contribution in [3.05, 3.63) is 0 Å². The molecule has 1 unspecified atom stereocenters. The molecule has 0 aliphatic carbocycles. The molecular weight excluding hydrogens is 128 g/mol. The minimum absolute atomic E-state index is 0.420. The number of ether oxygens (including phenoxy) is 1. The predicted octanol–water partition coefficient (Wildman–Crippen LogP) is 1.82.